The van der Waals surface area contributed by atoms with Crippen LogP contribution in [0.5, 0.6) is 0 Å². The Morgan fingerprint density at radius 2 is 2.38 bits per heavy atom. The first-order chi connectivity index (χ1) is 6.15. The monoisotopic (exact) mass is 179 g/mol. The van der Waals surface area contributed by atoms with Crippen LogP contribution in [0.1, 0.15) is 19.5 Å². The van der Waals surface area contributed by atoms with Crippen LogP contribution in [0.25, 0.3) is 6.08 Å². The molecule has 0 aliphatic rings. The molecular weight excluding hydrogens is 162 g/mol. The van der Waals surface area contributed by atoms with E-state index in [1.807, 2.05) is 31.0 Å². The summed E-state index contributed by atoms with van der Waals surface area (Å²) in [6.07, 6.45) is 3.96. The van der Waals surface area contributed by atoms with Gasteiger partial charge in [0.2, 0.25) is 0 Å². The molecule has 1 aromatic rings. The van der Waals surface area contributed by atoms with Crippen LogP contribution in [-0.4, -0.2) is 22.9 Å². The molecule has 3 nitrogen and oxygen atoms in total. The van der Waals surface area contributed by atoms with E-state index in [4.69, 9.17) is 0 Å². The van der Waals surface area contributed by atoms with Gasteiger partial charge in [0.05, 0.1) is 5.69 Å². The fourth-order valence-corrected chi connectivity index (χ4v) is 1.11. The predicted octanol–water partition coefficient (Wildman–Crippen LogP) is 1.43. The van der Waals surface area contributed by atoms with Crippen LogP contribution >= 0.6 is 0 Å². The third-order valence-electron chi connectivity index (χ3n) is 2.35. The normalized spacial score (nSPS) is 14.6. The van der Waals surface area contributed by atoms with Crippen molar-refractivity contribution in [3.63, 3.8) is 0 Å². The summed E-state index contributed by atoms with van der Waals surface area (Å²) in [5, 5.41) is 7.31. The summed E-state index contributed by atoms with van der Waals surface area (Å²) in [6.45, 7) is 4.26. The highest BCUT2D eigenvalue weighted by Crippen LogP contribution is 2.07. The summed E-state index contributed by atoms with van der Waals surface area (Å²) < 4.78 is 1.87. The lowest BCUT2D eigenvalue weighted by molar-refractivity contribution is 0.694. The van der Waals surface area contributed by atoms with E-state index in [-0.39, 0.29) is 0 Å². The average Bonchev–Trinajstić information content (AvgIpc) is 2.50. The molecule has 1 rings (SSSR count). The molecule has 1 N–H and O–H groups in total. The zero-order chi connectivity index (χ0) is 9.84. The number of aromatic nitrogens is 2. The zero-order valence-electron chi connectivity index (χ0n) is 8.70. The molecule has 0 amide bonds. The number of hydrogen-bond donors (Lipinski definition) is 1. The molecule has 0 radical (unpaired) electrons. The molecule has 3 heteroatoms. The third-order valence-corrected chi connectivity index (χ3v) is 2.35. The topological polar surface area (TPSA) is 29.9 Å². The molecule has 13 heavy (non-hydrogen) atoms. The van der Waals surface area contributed by atoms with E-state index in [0.29, 0.717) is 6.04 Å². The first-order valence-corrected chi connectivity index (χ1v) is 4.48. The standard InChI is InChI=1S/C10H17N3/c1-8(9(2)11-3)7-10-5-6-12-13(10)4/h5-7,9,11H,1-4H3. The average molecular weight is 179 g/mol. The first-order valence-electron chi connectivity index (χ1n) is 4.48. The highest BCUT2D eigenvalue weighted by Gasteiger charge is 2.01. The van der Waals surface area contributed by atoms with E-state index >= 15 is 0 Å². The Hall–Kier alpha value is -1.09. The molecule has 0 saturated carbocycles. The molecule has 0 aromatic carbocycles. The Kier molecular flexibility index (Phi) is 3.25. The van der Waals surface area contributed by atoms with Gasteiger partial charge < -0.3 is 5.32 Å². The van der Waals surface area contributed by atoms with Gasteiger partial charge in [0.15, 0.2) is 0 Å². The van der Waals surface area contributed by atoms with E-state index in [0.717, 1.165) is 5.69 Å². The van der Waals surface area contributed by atoms with E-state index in [2.05, 4.69) is 30.3 Å². The van der Waals surface area contributed by atoms with E-state index in [1.165, 1.54) is 5.57 Å². The zero-order valence-corrected chi connectivity index (χ0v) is 8.70. The van der Waals surface area contributed by atoms with Crippen LogP contribution in [0.4, 0.5) is 0 Å². The summed E-state index contributed by atoms with van der Waals surface area (Å²) in [5.74, 6) is 0. The summed E-state index contributed by atoms with van der Waals surface area (Å²) >= 11 is 0. The Morgan fingerprint density at radius 3 is 2.85 bits per heavy atom. The van der Waals surface area contributed by atoms with Crippen LogP contribution in [0.2, 0.25) is 0 Å². The number of hydrogen-bond acceptors (Lipinski definition) is 2. The summed E-state index contributed by atoms with van der Waals surface area (Å²) in [7, 11) is 3.91. The second-order valence-corrected chi connectivity index (χ2v) is 3.28. The minimum absolute atomic E-state index is 0.412. The SMILES string of the molecule is CNC(C)C(C)=Cc1ccnn1C. The number of aryl methyl sites for hydroxylation is 1. The quantitative estimate of drug-likeness (QED) is 0.760. The van der Waals surface area contributed by atoms with Gasteiger partial charge in [-0.2, -0.15) is 5.10 Å². The maximum Gasteiger partial charge on any atom is 0.0606 e. The summed E-state index contributed by atoms with van der Waals surface area (Å²) in [5.41, 5.74) is 2.45. The van der Waals surface area contributed by atoms with Crippen LogP contribution in [0, 0.1) is 0 Å². The van der Waals surface area contributed by atoms with Crippen molar-refractivity contribution in [1.82, 2.24) is 15.1 Å². The van der Waals surface area contributed by atoms with Gasteiger partial charge in [-0.3, -0.25) is 4.68 Å². The van der Waals surface area contributed by atoms with Gasteiger partial charge in [-0.1, -0.05) is 5.57 Å². The minimum atomic E-state index is 0.412. The van der Waals surface area contributed by atoms with Crippen molar-refractivity contribution < 1.29 is 0 Å². The molecule has 0 bridgehead atoms. The number of likely N-dealkylation sites (N-methyl/N-ethyl adjacent to an activating group) is 1. The van der Waals surface area contributed by atoms with E-state index in [9.17, 15) is 0 Å². The lowest BCUT2D eigenvalue weighted by Gasteiger charge is -2.10. The maximum absolute atomic E-state index is 4.11. The molecule has 1 unspecified atom stereocenters. The Bertz CT molecular complexity index is 299. The molecule has 0 fully saturated rings. The maximum atomic E-state index is 4.11. The van der Waals surface area contributed by atoms with Crippen molar-refractivity contribution in [1.29, 1.82) is 0 Å². The van der Waals surface area contributed by atoms with Crippen molar-refractivity contribution in [2.75, 3.05) is 7.05 Å². The van der Waals surface area contributed by atoms with Crippen LogP contribution in [0.3, 0.4) is 0 Å². The largest absolute Gasteiger partial charge is 0.314 e. The molecule has 1 aromatic heterocycles. The summed E-state index contributed by atoms with van der Waals surface area (Å²) in [6, 6.07) is 2.42. The van der Waals surface area contributed by atoms with Crippen molar-refractivity contribution in [2.24, 2.45) is 7.05 Å². The number of nitrogens with one attached hydrogen (secondary N) is 1. The van der Waals surface area contributed by atoms with Gasteiger partial charge in [0.25, 0.3) is 0 Å². The number of rotatable bonds is 3. The number of nitrogens with zero attached hydrogens (tertiary/aromatic N) is 2. The molecule has 0 aliphatic heterocycles. The highest BCUT2D eigenvalue weighted by atomic mass is 15.2. The van der Waals surface area contributed by atoms with Gasteiger partial charge >= 0.3 is 0 Å². The van der Waals surface area contributed by atoms with Crippen molar-refractivity contribution in [2.45, 2.75) is 19.9 Å². The molecule has 72 valence electrons. The molecule has 0 spiro atoms. The van der Waals surface area contributed by atoms with Crippen LogP contribution in [0.15, 0.2) is 17.8 Å². The Morgan fingerprint density at radius 1 is 1.69 bits per heavy atom. The molecule has 1 heterocycles. The van der Waals surface area contributed by atoms with Gasteiger partial charge in [0.1, 0.15) is 0 Å². The molecule has 0 saturated heterocycles. The fourth-order valence-electron chi connectivity index (χ4n) is 1.11. The third kappa shape index (κ3) is 2.42. The lowest BCUT2D eigenvalue weighted by atomic mass is 10.1. The van der Waals surface area contributed by atoms with Gasteiger partial charge in [0, 0.05) is 19.3 Å². The van der Waals surface area contributed by atoms with Crippen molar-refractivity contribution in [3.8, 4) is 0 Å². The van der Waals surface area contributed by atoms with Gasteiger partial charge in [-0.15, -0.1) is 0 Å². The smallest absolute Gasteiger partial charge is 0.0606 e. The second-order valence-electron chi connectivity index (χ2n) is 3.28. The van der Waals surface area contributed by atoms with E-state index in [1.54, 1.807) is 0 Å². The molecule has 0 aliphatic carbocycles. The lowest BCUT2D eigenvalue weighted by Crippen LogP contribution is -2.22. The Balaban J connectivity index is 2.82. The van der Waals surface area contributed by atoms with E-state index < -0.39 is 0 Å². The van der Waals surface area contributed by atoms with Gasteiger partial charge in [-0.05, 0) is 33.0 Å². The summed E-state index contributed by atoms with van der Waals surface area (Å²) in [4.78, 5) is 0. The first kappa shape index (κ1) is 9.99. The molecular formula is C10H17N3. The van der Waals surface area contributed by atoms with Crippen LogP contribution in [-0.2, 0) is 7.05 Å². The highest BCUT2D eigenvalue weighted by molar-refractivity contribution is 5.49. The van der Waals surface area contributed by atoms with Gasteiger partial charge in [-0.25, -0.2) is 0 Å². The fraction of sp³-hybridized carbons (Fsp3) is 0.500. The Labute approximate surface area is 79.5 Å². The van der Waals surface area contributed by atoms with Crippen molar-refractivity contribution >= 4 is 6.08 Å². The van der Waals surface area contributed by atoms with Crippen molar-refractivity contribution in [3.05, 3.63) is 23.5 Å². The second kappa shape index (κ2) is 4.23. The predicted molar refractivity (Wildman–Crippen MR) is 55.4 cm³/mol. The molecule has 1 atom stereocenters. The minimum Gasteiger partial charge on any atom is -0.314 e. The van der Waals surface area contributed by atoms with Crippen LogP contribution < -0.4 is 5.32 Å².